The van der Waals surface area contributed by atoms with Crippen LogP contribution in [0.25, 0.3) is 21.8 Å². The summed E-state index contributed by atoms with van der Waals surface area (Å²) in [5.41, 5.74) is 3.23. The van der Waals surface area contributed by atoms with Gasteiger partial charge in [0, 0.05) is 23.4 Å². The molecule has 0 unspecified atom stereocenters. The van der Waals surface area contributed by atoms with E-state index in [1.807, 2.05) is 6.07 Å². The smallest absolute Gasteiger partial charge is 0.124 e. The molecule has 0 saturated carbocycles. The monoisotopic (exact) mass is 320 g/mol. The standard InChI is InChI=1S/C21H24N2O/c1-16-13-18-14-17-7-2-3-8-19(17)22-20(18)15-21(16)24-12-6-11-23-9-4-5-10-23/h2-3,7-8,13-15H,4-6,9-12H2,1H3. The Morgan fingerprint density at radius 2 is 1.83 bits per heavy atom. The van der Waals surface area contributed by atoms with Crippen LogP contribution in [-0.2, 0) is 0 Å². The predicted molar refractivity (Wildman–Crippen MR) is 99.8 cm³/mol. The van der Waals surface area contributed by atoms with Gasteiger partial charge in [0.15, 0.2) is 0 Å². The lowest BCUT2D eigenvalue weighted by Crippen LogP contribution is -2.21. The Bertz CT molecular complexity index is 853. The van der Waals surface area contributed by atoms with E-state index in [1.54, 1.807) is 0 Å². The average molecular weight is 320 g/mol. The molecular weight excluding hydrogens is 296 g/mol. The minimum Gasteiger partial charge on any atom is -0.493 e. The van der Waals surface area contributed by atoms with E-state index in [9.17, 15) is 0 Å². The average Bonchev–Trinajstić information content (AvgIpc) is 3.11. The summed E-state index contributed by atoms with van der Waals surface area (Å²) in [7, 11) is 0. The zero-order valence-corrected chi connectivity index (χ0v) is 14.3. The number of aryl methyl sites for hydroxylation is 1. The second kappa shape index (κ2) is 6.78. The second-order valence-corrected chi connectivity index (χ2v) is 6.74. The van der Waals surface area contributed by atoms with Crippen molar-refractivity contribution in [1.29, 1.82) is 0 Å². The van der Waals surface area contributed by atoms with Gasteiger partial charge in [-0.15, -0.1) is 0 Å². The van der Waals surface area contributed by atoms with E-state index in [2.05, 4.69) is 48.2 Å². The number of ether oxygens (including phenoxy) is 1. The number of hydrogen-bond donors (Lipinski definition) is 0. The summed E-state index contributed by atoms with van der Waals surface area (Å²) in [4.78, 5) is 7.31. The molecule has 1 aromatic heterocycles. The first-order valence-electron chi connectivity index (χ1n) is 8.95. The molecule has 1 saturated heterocycles. The summed E-state index contributed by atoms with van der Waals surface area (Å²) in [5.74, 6) is 0.965. The fraction of sp³-hybridized carbons (Fsp3) is 0.381. The minimum atomic E-state index is 0.774. The maximum absolute atomic E-state index is 6.05. The topological polar surface area (TPSA) is 25.4 Å². The van der Waals surface area contributed by atoms with E-state index in [-0.39, 0.29) is 0 Å². The highest BCUT2D eigenvalue weighted by Gasteiger charge is 2.11. The first kappa shape index (κ1) is 15.4. The Balaban J connectivity index is 1.49. The van der Waals surface area contributed by atoms with Crippen molar-refractivity contribution in [2.75, 3.05) is 26.2 Å². The van der Waals surface area contributed by atoms with Gasteiger partial charge in [0.05, 0.1) is 17.6 Å². The van der Waals surface area contributed by atoms with Crippen LogP contribution in [0.2, 0.25) is 0 Å². The number of rotatable bonds is 5. The zero-order chi connectivity index (χ0) is 16.4. The van der Waals surface area contributed by atoms with Crippen LogP contribution in [0.1, 0.15) is 24.8 Å². The van der Waals surface area contributed by atoms with Crippen LogP contribution >= 0.6 is 0 Å². The van der Waals surface area contributed by atoms with Gasteiger partial charge in [-0.1, -0.05) is 18.2 Å². The maximum Gasteiger partial charge on any atom is 0.124 e. The molecule has 124 valence electrons. The molecule has 4 rings (SSSR count). The Labute approximate surface area is 143 Å². The highest BCUT2D eigenvalue weighted by molar-refractivity contribution is 5.93. The van der Waals surface area contributed by atoms with Gasteiger partial charge in [-0.2, -0.15) is 0 Å². The van der Waals surface area contributed by atoms with E-state index in [1.165, 1.54) is 42.3 Å². The Kier molecular flexibility index (Phi) is 4.35. The number of pyridine rings is 1. The summed E-state index contributed by atoms with van der Waals surface area (Å²) in [6, 6.07) is 14.7. The van der Waals surface area contributed by atoms with Crippen LogP contribution in [0.15, 0.2) is 42.5 Å². The summed E-state index contributed by atoms with van der Waals surface area (Å²) in [6.07, 6.45) is 3.79. The highest BCUT2D eigenvalue weighted by Crippen LogP contribution is 2.27. The molecule has 3 nitrogen and oxygen atoms in total. The third-order valence-electron chi connectivity index (χ3n) is 4.89. The number of nitrogens with zero attached hydrogens (tertiary/aromatic N) is 2. The molecule has 0 amide bonds. The lowest BCUT2D eigenvalue weighted by Gasteiger charge is -2.15. The van der Waals surface area contributed by atoms with Crippen molar-refractivity contribution in [3.63, 3.8) is 0 Å². The molecule has 0 N–H and O–H groups in total. The molecule has 2 aromatic carbocycles. The van der Waals surface area contributed by atoms with Gasteiger partial charge in [-0.05, 0) is 63.0 Å². The van der Waals surface area contributed by atoms with Gasteiger partial charge in [-0.3, -0.25) is 0 Å². The van der Waals surface area contributed by atoms with E-state index >= 15 is 0 Å². The van der Waals surface area contributed by atoms with Crippen LogP contribution in [-0.4, -0.2) is 36.1 Å². The van der Waals surface area contributed by atoms with Crippen LogP contribution in [0.5, 0.6) is 5.75 Å². The molecule has 0 bridgehead atoms. The first-order valence-corrected chi connectivity index (χ1v) is 8.95. The summed E-state index contributed by atoms with van der Waals surface area (Å²) in [5, 5.41) is 2.36. The maximum atomic E-state index is 6.05. The fourth-order valence-corrected chi connectivity index (χ4v) is 3.55. The van der Waals surface area contributed by atoms with Crippen molar-refractivity contribution in [1.82, 2.24) is 9.88 Å². The van der Waals surface area contributed by atoms with Crippen molar-refractivity contribution in [3.05, 3.63) is 48.0 Å². The molecule has 3 heteroatoms. The molecule has 1 fully saturated rings. The molecule has 0 aliphatic carbocycles. The SMILES string of the molecule is Cc1cc2cc3ccccc3nc2cc1OCCCN1CCCC1. The lowest BCUT2D eigenvalue weighted by molar-refractivity contribution is 0.262. The summed E-state index contributed by atoms with van der Waals surface area (Å²) >= 11 is 0. The lowest BCUT2D eigenvalue weighted by atomic mass is 10.1. The van der Waals surface area contributed by atoms with Gasteiger partial charge in [0.25, 0.3) is 0 Å². The van der Waals surface area contributed by atoms with Crippen molar-refractivity contribution in [2.24, 2.45) is 0 Å². The Hall–Kier alpha value is -2.13. The number of hydrogen-bond acceptors (Lipinski definition) is 3. The molecule has 1 aliphatic rings. The Morgan fingerprint density at radius 3 is 2.71 bits per heavy atom. The molecule has 0 spiro atoms. The van der Waals surface area contributed by atoms with Crippen LogP contribution in [0, 0.1) is 6.92 Å². The van der Waals surface area contributed by atoms with Crippen LogP contribution in [0.4, 0.5) is 0 Å². The van der Waals surface area contributed by atoms with Crippen LogP contribution in [0.3, 0.4) is 0 Å². The van der Waals surface area contributed by atoms with E-state index in [4.69, 9.17) is 9.72 Å². The Morgan fingerprint density at radius 1 is 1.00 bits per heavy atom. The molecule has 2 heterocycles. The van der Waals surface area contributed by atoms with Gasteiger partial charge in [0.1, 0.15) is 5.75 Å². The molecule has 1 aliphatic heterocycles. The number of para-hydroxylation sites is 1. The summed E-state index contributed by atoms with van der Waals surface area (Å²) in [6.45, 7) is 6.55. The van der Waals surface area contributed by atoms with Crippen LogP contribution < -0.4 is 4.74 Å². The third-order valence-corrected chi connectivity index (χ3v) is 4.89. The van der Waals surface area contributed by atoms with Crippen molar-refractivity contribution in [2.45, 2.75) is 26.2 Å². The number of likely N-dealkylation sites (tertiary alicyclic amines) is 1. The van der Waals surface area contributed by atoms with E-state index in [0.717, 1.165) is 36.4 Å². The quantitative estimate of drug-likeness (QED) is 0.509. The summed E-state index contributed by atoms with van der Waals surface area (Å²) < 4.78 is 6.05. The third kappa shape index (κ3) is 3.22. The first-order chi connectivity index (χ1) is 11.8. The predicted octanol–water partition coefficient (Wildman–Crippen LogP) is 4.56. The van der Waals surface area contributed by atoms with Gasteiger partial charge in [0.2, 0.25) is 0 Å². The highest BCUT2D eigenvalue weighted by atomic mass is 16.5. The molecule has 3 aromatic rings. The van der Waals surface area contributed by atoms with Gasteiger partial charge >= 0.3 is 0 Å². The molecular formula is C21H24N2O. The van der Waals surface area contributed by atoms with Crippen molar-refractivity contribution < 1.29 is 4.74 Å². The number of fused-ring (bicyclic) bond motifs is 2. The number of benzene rings is 2. The minimum absolute atomic E-state index is 0.774. The van der Waals surface area contributed by atoms with Crippen molar-refractivity contribution >= 4 is 21.8 Å². The fourth-order valence-electron chi connectivity index (χ4n) is 3.55. The van der Waals surface area contributed by atoms with E-state index in [0.29, 0.717) is 0 Å². The zero-order valence-electron chi connectivity index (χ0n) is 14.3. The van der Waals surface area contributed by atoms with Gasteiger partial charge in [-0.25, -0.2) is 4.98 Å². The largest absolute Gasteiger partial charge is 0.493 e. The number of aromatic nitrogens is 1. The second-order valence-electron chi connectivity index (χ2n) is 6.74. The van der Waals surface area contributed by atoms with Gasteiger partial charge < -0.3 is 9.64 Å². The van der Waals surface area contributed by atoms with Crippen molar-refractivity contribution in [3.8, 4) is 5.75 Å². The molecule has 0 atom stereocenters. The normalized spacial score (nSPS) is 15.4. The van der Waals surface area contributed by atoms with E-state index < -0.39 is 0 Å². The molecule has 24 heavy (non-hydrogen) atoms. The molecule has 0 radical (unpaired) electrons.